The van der Waals surface area contributed by atoms with Crippen molar-refractivity contribution in [3.05, 3.63) is 15.6 Å². The quantitative estimate of drug-likeness (QED) is 0.911. The number of aromatic nitrogens is 1. The van der Waals surface area contributed by atoms with E-state index in [1.54, 1.807) is 0 Å². The Morgan fingerprint density at radius 1 is 1.44 bits per heavy atom. The normalized spacial score (nSPS) is 30.6. The van der Waals surface area contributed by atoms with E-state index in [1.807, 2.05) is 11.3 Å². The van der Waals surface area contributed by atoms with Gasteiger partial charge in [0.05, 0.1) is 22.9 Å². The van der Waals surface area contributed by atoms with Gasteiger partial charge in [-0.2, -0.15) is 0 Å². The number of rotatable bonds is 4. The molecule has 0 aromatic carbocycles. The van der Waals surface area contributed by atoms with Crippen molar-refractivity contribution >= 4 is 11.3 Å². The Kier molecular flexibility index (Phi) is 3.43. The molecular weight excluding hydrogens is 244 g/mol. The van der Waals surface area contributed by atoms with E-state index >= 15 is 0 Å². The molecule has 1 aromatic heterocycles. The van der Waals surface area contributed by atoms with Crippen LogP contribution in [0.2, 0.25) is 0 Å². The largest absolute Gasteiger partial charge is 0.374 e. The van der Waals surface area contributed by atoms with Gasteiger partial charge in [-0.3, -0.25) is 0 Å². The summed E-state index contributed by atoms with van der Waals surface area (Å²) in [5.41, 5.74) is 7.09. The van der Waals surface area contributed by atoms with Crippen LogP contribution in [-0.2, 0) is 17.7 Å². The summed E-state index contributed by atoms with van der Waals surface area (Å²) in [5.74, 6) is 1.18. The van der Waals surface area contributed by atoms with Crippen molar-refractivity contribution in [1.82, 2.24) is 4.98 Å². The SMILES string of the molecule is CC(C)Cc1nc(C2CC3CCC2O3)sc1CN. The van der Waals surface area contributed by atoms with Crippen molar-refractivity contribution in [2.45, 2.75) is 64.2 Å². The Morgan fingerprint density at radius 3 is 2.83 bits per heavy atom. The number of hydrogen-bond acceptors (Lipinski definition) is 4. The highest BCUT2D eigenvalue weighted by atomic mass is 32.1. The molecule has 2 fully saturated rings. The van der Waals surface area contributed by atoms with Gasteiger partial charge in [0.1, 0.15) is 0 Å². The lowest BCUT2D eigenvalue weighted by Gasteiger charge is -2.15. The first-order valence-electron chi connectivity index (χ1n) is 7.01. The lowest BCUT2D eigenvalue weighted by Crippen LogP contribution is -2.14. The summed E-state index contributed by atoms with van der Waals surface area (Å²) >= 11 is 1.82. The average molecular weight is 266 g/mol. The number of nitrogens with two attached hydrogens (primary N) is 1. The Hall–Kier alpha value is -0.450. The first-order valence-corrected chi connectivity index (χ1v) is 7.83. The number of hydrogen-bond donors (Lipinski definition) is 1. The average Bonchev–Trinajstić information content (AvgIpc) is 3.00. The smallest absolute Gasteiger partial charge is 0.0989 e. The van der Waals surface area contributed by atoms with Crippen LogP contribution < -0.4 is 5.73 Å². The Balaban J connectivity index is 1.82. The van der Waals surface area contributed by atoms with Crippen LogP contribution in [0.1, 0.15) is 54.6 Å². The van der Waals surface area contributed by atoms with E-state index in [4.69, 9.17) is 15.5 Å². The third-order valence-corrected chi connectivity index (χ3v) is 5.26. The molecule has 3 nitrogen and oxygen atoms in total. The summed E-state index contributed by atoms with van der Waals surface area (Å²) < 4.78 is 5.94. The van der Waals surface area contributed by atoms with Crippen LogP contribution in [0.5, 0.6) is 0 Å². The summed E-state index contributed by atoms with van der Waals surface area (Å²) in [5, 5.41) is 1.28. The molecule has 0 aliphatic carbocycles. The van der Waals surface area contributed by atoms with Gasteiger partial charge in [-0.05, 0) is 31.6 Å². The van der Waals surface area contributed by atoms with E-state index in [0.29, 0.717) is 30.6 Å². The Bertz CT molecular complexity index is 429. The van der Waals surface area contributed by atoms with Crippen LogP contribution in [0, 0.1) is 5.92 Å². The molecule has 3 atom stereocenters. The van der Waals surface area contributed by atoms with Crippen LogP contribution in [0.3, 0.4) is 0 Å². The molecule has 1 aromatic rings. The first-order chi connectivity index (χ1) is 8.67. The molecule has 100 valence electrons. The Morgan fingerprint density at radius 2 is 2.28 bits per heavy atom. The summed E-state index contributed by atoms with van der Waals surface area (Å²) in [7, 11) is 0. The molecule has 0 spiro atoms. The summed E-state index contributed by atoms with van der Waals surface area (Å²) in [6, 6.07) is 0. The van der Waals surface area contributed by atoms with E-state index in [1.165, 1.54) is 34.8 Å². The fourth-order valence-electron chi connectivity index (χ4n) is 3.17. The van der Waals surface area contributed by atoms with Crippen LogP contribution >= 0.6 is 11.3 Å². The summed E-state index contributed by atoms with van der Waals surface area (Å²) in [6.45, 7) is 5.10. The van der Waals surface area contributed by atoms with E-state index in [-0.39, 0.29) is 0 Å². The van der Waals surface area contributed by atoms with Crippen LogP contribution in [0.4, 0.5) is 0 Å². The Labute approximate surface area is 113 Å². The zero-order valence-electron chi connectivity index (χ0n) is 11.2. The molecule has 0 radical (unpaired) electrons. The monoisotopic (exact) mass is 266 g/mol. The molecule has 0 saturated carbocycles. The van der Waals surface area contributed by atoms with Gasteiger partial charge in [-0.15, -0.1) is 11.3 Å². The van der Waals surface area contributed by atoms with Gasteiger partial charge in [-0.25, -0.2) is 4.98 Å². The van der Waals surface area contributed by atoms with Crippen LogP contribution in [0.15, 0.2) is 0 Å². The minimum Gasteiger partial charge on any atom is -0.374 e. The second-order valence-corrected chi connectivity index (χ2v) is 7.06. The molecule has 2 saturated heterocycles. The maximum absolute atomic E-state index is 5.94. The van der Waals surface area contributed by atoms with E-state index in [2.05, 4.69) is 13.8 Å². The second kappa shape index (κ2) is 4.91. The van der Waals surface area contributed by atoms with E-state index < -0.39 is 0 Å². The predicted octanol–water partition coefficient (Wildman–Crippen LogP) is 2.84. The first kappa shape index (κ1) is 12.6. The summed E-state index contributed by atoms with van der Waals surface area (Å²) in [6.07, 6.45) is 5.60. The topological polar surface area (TPSA) is 48.1 Å². The van der Waals surface area contributed by atoms with Gasteiger partial charge >= 0.3 is 0 Å². The zero-order chi connectivity index (χ0) is 12.7. The predicted molar refractivity (Wildman–Crippen MR) is 73.8 cm³/mol. The molecule has 2 aliphatic rings. The third kappa shape index (κ3) is 2.22. The number of thiazole rings is 1. The maximum Gasteiger partial charge on any atom is 0.0989 e. The highest BCUT2D eigenvalue weighted by molar-refractivity contribution is 7.11. The van der Waals surface area contributed by atoms with E-state index in [0.717, 1.165) is 6.42 Å². The molecule has 2 N–H and O–H groups in total. The third-order valence-electron chi connectivity index (χ3n) is 4.00. The van der Waals surface area contributed by atoms with Crippen molar-refractivity contribution in [3.63, 3.8) is 0 Å². The molecular formula is C14H22N2OS. The molecule has 4 heteroatoms. The minimum absolute atomic E-state index is 0.429. The van der Waals surface area contributed by atoms with Crippen LogP contribution in [-0.4, -0.2) is 17.2 Å². The highest BCUT2D eigenvalue weighted by Crippen LogP contribution is 2.45. The standard InChI is InChI=1S/C14H22N2OS/c1-8(2)5-11-13(7-15)18-14(16-11)10-6-9-3-4-12(10)17-9/h8-10,12H,3-7,15H2,1-2H3. The van der Waals surface area contributed by atoms with Gasteiger partial charge in [0, 0.05) is 17.3 Å². The van der Waals surface area contributed by atoms with Crippen molar-refractivity contribution in [1.29, 1.82) is 0 Å². The molecule has 0 amide bonds. The fraction of sp³-hybridized carbons (Fsp3) is 0.786. The summed E-state index contributed by atoms with van der Waals surface area (Å²) in [4.78, 5) is 6.16. The molecule has 2 bridgehead atoms. The number of nitrogens with zero attached hydrogens (tertiary/aromatic N) is 1. The van der Waals surface area contributed by atoms with Crippen LogP contribution in [0.25, 0.3) is 0 Å². The number of ether oxygens (including phenoxy) is 1. The molecule has 3 heterocycles. The van der Waals surface area contributed by atoms with Gasteiger partial charge < -0.3 is 10.5 Å². The van der Waals surface area contributed by atoms with Crippen molar-refractivity contribution in [2.75, 3.05) is 0 Å². The highest BCUT2D eigenvalue weighted by Gasteiger charge is 2.43. The van der Waals surface area contributed by atoms with Crippen molar-refractivity contribution in [2.24, 2.45) is 11.7 Å². The second-order valence-electron chi connectivity index (χ2n) is 5.94. The van der Waals surface area contributed by atoms with Gasteiger partial charge in [-0.1, -0.05) is 13.8 Å². The van der Waals surface area contributed by atoms with E-state index in [9.17, 15) is 0 Å². The van der Waals surface area contributed by atoms with Gasteiger partial charge in [0.25, 0.3) is 0 Å². The van der Waals surface area contributed by atoms with Gasteiger partial charge in [0.15, 0.2) is 0 Å². The molecule has 18 heavy (non-hydrogen) atoms. The molecule has 2 aliphatic heterocycles. The molecule has 3 rings (SSSR count). The fourth-order valence-corrected chi connectivity index (χ4v) is 4.30. The zero-order valence-corrected chi connectivity index (χ0v) is 12.0. The maximum atomic E-state index is 5.94. The van der Waals surface area contributed by atoms with Gasteiger partial charge in [0.2, 0.25) is 0 Å². The minimum atomic E-state index is 0.429. The van der Waals surface area contributed by atoms with Crippen molar-refractivity contribution in [3.8, 4) is 0 Å². The number of fused-ring (bicyclic) bond motifs is 2. The lowest BCUT2D eigenvalue weighted by molar-refractivity contribution is 0.100. The molecule has 3 unspecified atom stereocenters. The van der Waals surface area contributed by atoms with Crippen molar-refractivity contribution < 1.29 is 4.74 Å². The lowest BCUT2D eigenvalue weighted by atomic mass is 9.90.